The van der Waals surface area contributed by atoms with Gasteiger partial charge in [-0.2, -0.15) is 0 Å². The number of aryl methyl sites for hydroxylation is 1. The van der Waals surface area contributed by atoms with Crippen molar-refractivity contribution in [1.82, 2.24) is 0 Å². The number of halogens is 2. The van der Waals surface area contributed by atoms with E-state index < -0.39 is 0 Å². The number of rotatable bonds is 4. The van der Waals surface area contributed by atoms with E-state index in [1.165, 1.54) is 36.4 Å². The average molecular weight is 247 g/mol. The molecule has 0 aliphatic carbocycles. The summed E-state index contributed by atoms with van der Waals surface area (Å²) >= 11 is 0. The summed E-state index contributed by atoms with van der Waals surface area (Å²) in [6.07, 6.45) is 1.26. The fraction of sp³-hybridized carbons (Fsp3) is 0.133. The lowest BCUT2D eigenvalue weighted by molar-refractivity contribution is 0.312. The molecule has 0 spiro atoms. The summed E-state index contributed by atoms with van der Waals surface area (Å²) in [5.41, 5.74) is 1.56. The van der Waals surface area contributed by atoms with Crippen molar-refractivity contribution in [2.75, 3.05) is 0 Å². The van der Waals surface area contributed by atoms with Gasteiger partial charge in [0.15, 0.2) is 0 Å². The smallest absolute Gasteiger partial charge is 0.123 e. The maximum Gasteiger partial charge on any atom is 0.123 e. The predicted molar refractivity (Wildman–Crippen MR) is 65.4 cm³/mol. The summed E-state index contributed by atoms with van der Waals surface area (Å²) in [5.74, 6) is -0.601. The molecule has 0 aliphatic rings. The lowest BCUT2D eigenvalue weighted by atomic mass is 10.0. The minimum absolute atomic E-state index is 0.208. The molecule has 1 nitrogen and oxygen atoms in total. The minimum atomic E-state index is -0.329. The zero-order chi connectivity index (χ0) is 13.0. The minimum Gasteiger partial charge on any atom is -0.382 e. The molecule has 3 heteroatoms. The van der Waals surface area contributed by atoms with Gasteiger partial charge in [0.2, 0.25) is 0 Å². The Bertz CT molecular complexity index is 491. The van der Waals surface area contributed by atoms with Gasteiger partial charge in [0.25, 0.3) is 0 Å². The molecule has 0 atom stereocenters. The van der Waals surface area contributed by atoms with Gasteiger partial charge in [0.05, 0.1) is 0 Å². The lowest BCUT2D eigenvalue weighted by Gasteiger charge is -2.09. The monoisotopic (exact) mass is 247 g/mol. The van der Waals surface area contributed by atoms with Gasteiger partial charge in [0.1, 0.15) is 17.7 Å². The van der Waals surface area contributed by atoms with Gasteiger partial charge < -0.3 is 5.11 Å². The Labute approximate surface area is 105 Å². The molecule has 0 aliphatic heterocycles. The Hall–Kier alpha value is -1.74. The molecule has 1 N–H and O–H groups in total. The van der Waals surface area contributed by atoms with Gasteiger partial charge in [-0.05, 0) is 48.2 Å². The number of aliphatic hydroxyl groups is 1. The van der Waals surface area contributed by atoms with Gasteiger partial charge in [-0.15, -0.1) is 0 Å². The molecule has 1 radical (unpaired) electrons. The molecule has 0 saturated carbocycles. The van der Waals surface area contributed by atoms with Crippen LogP contribution >= 0.6 is 0 Å². The van der Waals surface area contributed by atoms with Crippen LogP contribution in [0.4, 0.5) is 8.78 Å². The van der Waals surface area contributed by atoms with E-state index in [2.05, 4.69) is 0 Å². The summed E-state index contributed by atoms with van der Waals surface area (Å²) < 4.78 is 25.4. The molecule has 18 heavy (non-hydrogen) atoms. The summed E-state index contributed by atoms with van der Waals surface area (Å²) in [5, 5.41) is 9.85. The van der Waals surface area contributed by atoms with Crippen molar-refractivity contribution in [3.63, 3.8) is 0 Å². The van der Waals surface area contributed by atoms with Gasteiger partial charge in [0, 0.05) is 0 Å². The highest BCUT2D eigenvalue weighted by molar-refractivity contribution is 5.27. The zero-order valence-corrected chi connectivity index (χ0v) is 9.74. The van der Waals surface area contributed by atoms with Gasteiger partial charge in [-0.1, -0.05) is 24.3 Å². The van der Waals surface area contributed by atoms with Crippen LogP contribution in [0, 0.1) is 17.7 Å². The third-order valence-corrected chi connectivity index (χ3v) is 2.74. The first kappa shape index (κ1) is 12.7. The van der Waals surface area contributed by atoms with Crippen molar-refractivity contribution in [2.45, 2.75) is 12.8 Å². The van der Waals surface area contributed by atoms with Crippen LogP contribution < -0.4 is 0 Å². The topological polar surface area (TPSA) is 20.2 Å². The number of aliphatic hydroxyl groups excluding tert-OH is 1. The molecule has 0 unspecified atom stereocenters. The summed E-state index contributed by atoms with van der Waals surface area (Å²) in [7, 11) is 0. The van der Waals surface area contributed by atoms with Crippen LogP contribution in [0.3, 0.4) is 0 Å². The summed E-state index contributed by atoms with van der Waals surface area (Å²) in [4.78, 5) is 0. The molecule has 0 amide bonds. The third kappa shape index (κ3) is 3.37. The predicted octanol–water partition coefficient (Wildman–Crippen LogP) is 3.85. The van der Waals surface area contributed by atoms with Gasteiger partial charge >= 0.3 is 0 Å². The third-order valence-electron chi connectivity index (χ3n) is 2.74. The Morgan fingerprint density at radius 1 is 0.833 bits per heavy atom. The van der Waals surface area contributed by atoms with E-state index in [4.69, 9.17) is 0 Å². The van der Waals surface area contributed by atoms with Crippen LogP contribution in [-0.4, -0.2) is 5.11 Å². The summed E-state index contributed by atoms with van der Waals surface area (Å²) in [6, 6.07) is 11.9. The first-order valence-electron chi connectivity index (χ1n) is 5.70. The Balaban J connectivity index is 1.93. The van der Waals surface area contributed by atoms with Crippen molar-refractivity contribution >= 4 is 0 Å². The molecular formula is C15H13F2O. The molecule has 0 fully saturated rings. The highest BCUT2D eigenvalue weighted by Crippen LogP contribution is 2.18. The number of benzene rings is 2. The Morgan fingerprint density at radius 2 is 1.33 bits per heavy atom. The standard InChI is InChI=1S/C15H13F2O/c16-13-6-1-11(2-7-13)3-10-15(18)12-4-8-14(17)9-5-12/h1-2,4-9,18H,3,10H2. The average Bonchev–Trinajstić information content (AvgIpc) is 2.38. The Kier molecular flexibility index (Phi) is 4.05. The molecule has 0 saturated heterocycles. The van der Waals surface area contributed by atoms with Crippen molar-refractivity contribution in [3.8, 4) is 0 Å². The molecule has 0 aromatic heterocycles. The lowest BCUT2D eigenvalue weighted by Crippen LogP contribution is -2.00. The van der Waals surface area contributed by atoms with Crippen LogP contribution in [0.2, 0.25) is 0 Å². The molecule has 2 rings (SSSR count). The van der Waals surface area contributed by atoms with Crippen molar-refractivity contribution in [1.29, 1.82) is 0 Å². The van der Waals surface area contributed by atoms with Crippen molar-refractivity contribution in [2.24, 2.45) is 0 Å². The number of hydrogen-bond donors (Lipinski definition) is 1. The maximum absolute atomic E-state index is 12.7. The molecule has 0 bridgehead atoms. The van der Waals surface area contributed by atoms with Crippen molar-refractivity contribution in [3.05, 3.63) is 77.4 Å². The van der Waals surface area contributed by atoms with E-state index in [1.54, 1.807) is 12.1 Å². The van der Waals surface area contributed by atoms with Gasteiger partial charge in [-0.3, -0.25) is 0 Å². The van der Waals surface area contributed by atoms with E-state index in [-0.39, 0.29) is 17.7 Å². The van der Waals surface area contributed by atoms with Crippen LogP contribution in [0.1, 0.15) is 17.5 Å². The first-order chi connectivity index (χ1) is 8.65. The maximum atomic E-state index is 12.7. The van der Waals surface area contributed by atoms with Crippen molar-refractivity contribution < 1.29 is 13.9 Å². The second kappa shape index (κ2) is 5.74. The molecular weight excluding hydrogens is 234 g/mol. The fourth-order valence-corrected chi connectivity index (χ4v) is 1.70. The second-order valence-electron chi connectivity index (χ2n) is 4.08. The van der Waals surface area contributed by atoms with E-state index in [9.17, 15) is 13.9 Å². The van der Waals surface area contributed by atoms with E-state index in [1.807, 2.05) is 0 Å². The second-order valence-corrected chi connectivity index (χ2v) is 4.08. The van der Waals surface area contributed by atoms with E-state index >= 15 is 0 Å². The van der Waals surface area contributed by atoms with Crippen LogP contribution in [-0.2, 0) is 6.42 Å². The molecule has 2 aromatic carbocycles. The fourth-order valence-electron chi connectivity index (χ4n) is 1.70. The molecule has 2 aromatic rings. The van der Waals surface area contributed by atoms with E-state index in [0.717, 1.165) is 5.56 Å². The van der Waals surface area contributed by atoms with Crippen LogP contribution in [0.5, 0.6) is 0 Å². The normalized spacial score (nSPS) is 10.9. The SMILES string of the molecule is O[C](CCc1ccc(F)cc1)c1ccc(F)cc1. The molecule has 93 valence electrons. The highest BCUT2D eigenvalue weighted by Gasteiger charge is 2.09. The zero-order valence-electron chi connectivity index (χ0n) is 9.74. The first-order valence-corrected chi connectivity index (χ1v) is 5.70. The highest BCUT2D eigenvalue weighted by atomic mass is 19.1. The van der Waals surface area contributed by atoms with Crippen LogP contribution in [0.25, 0.3) is 0 Å². The quantitative estimate of drug-likeness (QED) is 0.870. The molecule has 0 heterocycles. The number of hydrogen-bond acceptors (Lipinski definition) is 1. The van der Waals surface area contributed by atoms with Crippen LogP contribution in [0.15, 0.2) is 48.5 Å². The van der Waals surface area contributed by atoms with E-state index in [0.29, 0.717) is 18.4 Å². The summed E-state index contributed by atoms with van der Waals surface area (Å²) in [6.45, 7) is 0. The Morgan fingerprint density at radius 3 is 1.89 bits per heavy atom. The largest absolute Gasteiger partial charge is 0.382 e. The van der Waals surface area contributed by atoms with Gasteiger partial charge in [-0.25, -0.2) is 8.78 Å².